The molecule has 1 amide bonds. The number of hydrogen-bond donors (Lipinski definition) is 2. The van der Waals surface area contributed by atoms with Gasteiger partial charge in [0.2, 0.25) is 5.91 Å². The van der Waals surface area contributed by atoms with Gasteiger partial charge in [-0.15, -0.1) is 0 Å². The summed E-state index contributed by atoms with van der Waals surface area (Å²) in [5, 5.41) is 0. The molecular weight excluding hydrogens is 370 g/mol. The van der Waals surface area contributed by atoms with Crippen molar-refractivity contribution in [2.24, 2.45) is 0 Å². The summed E-state index contributed by atoms with van der Waals surface area (Å²) in [5.41, 5.74) is 7.40. The van der Waals surface area contributed by atoms with E-state index < -0.39 is 0 Å². The van der Waals surface area contributed by atoms with Gasteiger partial charge < -0.3 is 19.3 Å². The van der Waals surface area contributed by atoms with E-state index in [2.05, 4.69) is 20.7 Å². The quantitative estimate of drug-likeness (QED) is 0.789. The van der Waals surface area contributed by atoms with Crippen LogP contribution < -0.4 is 25.2 Å². The molecule has 0 aliphatic carbocycles. The highest BCUT2D eigenvalue weighted by Gasteiger charge is 2.35. The van der Waals surface area contributed by atoms with E-state index in [4.69, 9.17) is 9.47 Å². The zero-order chi connectivity index (χ0) is 20.2. The average molecular weight is 397 g/mol. The number of nitrogens with zero attached hydrogens (tertiary/aromatic N) is 3. The normalized spacial score (nSPS) is 21.9. The standard InChI is InChI=1S/C21H27N5O3/c1-28-15-6-7-19(29-2)16(13-15)17-14-18(24-23-17)21(27)26-11-9-25(10-12-26)20-5-3-4-8-22-20/h3-8,13,17-18,23-24H,9-12,14H2,1-2H3. The summed E-state index contributed by atoms with van der Waals surface area (Å²) in [6.45, 7) is 2.97. The number of rotatable bonds is 5. The number of amides is 1. The molecule has 2 unspecified atom stereocenters. The number of carbonyl (C=O) groups excluding carboxylic acids is 1. The highest BCUT2D eigenvalue weighted by atomic mass is 16.5. The van der Waals surface area contributed by atoms with Crippen molar-refractivity contribution in [2.45, 2.75) is 18.5 Å². The lowest BCUT2D eigenvalue weighted by atomic mass is 10.00. The molecule has 4 rings (SSSR count). The minimum atomic E-state index is -0.266. The van der Waals surface area contributed by atoms with Crippen LogP contribution in [0.5, 0.6) is 11.5 Å². The van der Waals surface area contributed by atoms with Crippen molar-refractivity contribution in [1.82, 2.24) is 20.7 Å². The van der Waals surface area contributed by atoms with Gasteiger partial charge in [0.05, 0.1) is 20.3 Å². The van der Waals surface area contributed by atoms with E-state index in [1.54, 1.807) is 20.4 Å². The van der Waals surface area contributed by atoms with Crippen LogP contribution >= 0.6 is 0 Å². The number of carbonyl (C=O) groups is 1. The van der Waals surface area contributed by atoms with Gasteiger partial charge in [0.1, 0.15) is 23.4 Å². The van der Waals surface area contributed by atoms with Gasteiger partial charge >= 0.3 is 0 Å². The molecule has 2 saturated heterocycles. The Balaban J connectivity index is 1.37. The Morgan fingerprint density at radius 3 is 2.59 bits per heavy atom. The molecule has 8 nitrogen and oxygen atoms in total. The first kappa shape index (κ1) is 19.5. The summed E-state index contributed by atoms with van der Waals surface area (Å²) >= 11 is 0. The van der Waals surface area contributed by atoms with E-state index in [9.17, 15) is 4.79 Å². The maximum absolute atomic E-state index is 13.0. The first-order valence-corrected chi connectivity index (χ1v) is 9.87. The van der Waals surface area contributed by atoms with E-state index in [1.807, 2.05) is 41.3 Å². The van der Waals surface area contributed by atoms with E-state index in [0.717, 1.165) is 36.0 Å². The molecule has 1 aromatic carbocycles. The van der Waals surface area contributed by atoms with E-state index in [0.29, 0.717) is 19.5 Å². The minimum absolute atomic E-state index is 0.0243. The summed E-state index contributed by atoms with van der Waals surface area (Å²) in [5.74, 6) is 2.64. The van der Waals surface area contributed by atoms with Gasteiger partial charge in [0, 0.05) is 37.9 Å². The van der Waals surface area contributed by atoms with Gasteiger partial charge in [-0.05, 0) is 36.8 Å². The van der Waals surface area contributed by atoms with Gasteiger partial charge in [-0.2, -0.15) is 0 Å². The number of methoxy groups -OCH3 is 2. The van der Waals surface area contributed by atoms with Crippen molar-refractivity contribution in [3.8, 4) is 11.5 Å². The van der Waals surface area contributed by atoms with Gasteiger partial charge in [-0.25, -0.2) is 15.8 Å². The number of nitrogens with one attached hydrogen (secondary N) is 2. The SMILES string of the molecule is COc1ccc(OC)c(C2CC(C(=O)N3CCN(c4ccccn4)CC3)NN2)c1. The predicted molar refractivity (Wildman–Crippen MR) is 110 cm³/mol. The fourth-order valence-corrected chi connectivity index (χ4v) is 3.95. The molecule has 2 atom stereocenters. The maximum atomic E-state index is 13.0. The predicted octanol–water partition coefficient (Wildman–Crippen LogP) is 1.36. The van der Waals surface area contributed by atoms with Crippen molar-refractivity contribution in [3.63, 3.8) is 0 Å². The molecular formula is C21H27N5O3. The Labute approximate surface area is 170 Å². The Kier molecular flexibility index (Phi) is 5.82. The second-order valence-corrected chi connectivity index (χ2v) is 7.24. The number of hydrogen-bond acceptors (Lipinski definition) is 7. The molecule has 1 aromatic heterocycles. The van der Waals surface area contributed by atoms with Crippen LogP contribution in [0.3, 0.4) is 0 Å². The number of anilines is 1. The lowest BCUT2D eigenvalue weighted by molar-refractivity contribution is -0.133. The Morgan fingerprint density at radius 2 is 1.90 bits per heavy atom. The Bertz CT molecular complexity index is 839. The second kappa shape index (κ2) is 8.67. The van der Waals surface area contributed by atoms with Crippen LogP contribution in [0.1, 0.15) is 18.0 Å². The molecule has 2 aliphatic rings. The van der Waals surface area contributed by atoms with E-state index >= 15 is 0 Å². The number of pyridine rings is 1. The summed E-state index contributed by atoms with van der Waals surface area (Å²) in [7, 11) is 3.29. The van der Waals surface area contributed by atoms with E-state index in [1.165, 1.54) is 0 Å². The van der Waals surface area contributed by atoms with Crippen LogP contribution in [0.2, 0.25) is 0 Å². The summed E-state index contributed by atoms with van der Waals surface area (Å²) in [6, 6.07) is 11.3. The van der Waals surface area contributed by atoms with Gasteiger partial charge in [0.15, 0.2) is 0 Å². The fraction of sp³-hybridized carbons (Fsp3) is 0.429. The van der Waals surface area contributed by atoms with Crippen molar-refractivity contribution in [3.05, 3.63) is 48.2 Å². The molecule has 8 heteroatoms. The molecule has 29 heavy (non-hydrogen) atoms. The van der Waals surface area contributed by atoms with Crippen LogP contribution in [0.15, 0.2) is 42.6 Å². The summed E-state index contributed by atoms with van der Waals surface area (Å²) in [4.78, 5) is 21.6. The molecule has 0 radical (unpaired) electrons. The Morgan fingerprint density at radius 1 is 1.07 bits per heavy atom. The zero-order valence-electron chi connectivity index (χ0n) is 16.8. The highest BCUT2D eigenvalue weighted by Crippen LogP contribution is 2.33. The molecule has 0 bridgehead atoms. The van der Waals surface area contributed by atoms with Crippen molar-refractivity contribution >= 4 is 11.7 Å². The molecule has 2 N–H and O–H groups in total. The monoisotopic (exact) mass is 397 g/mol. The first-order valence-electron chi connectivity index (χ1n) is 9.87. The van der Waals surface area contributed by atoms with Crippen molar-refractivity contribution in [1.29, 1.82) is 0 Å². The molecule has 2 fully saturated rings. The first-order chi connectivity index (χ1) is 14.2. The van der Waals surface area contributed by atoms with E-state index in [-0.39, 0.29) is 18.0 Å². The summed E-state index contributed by atoms with van der Waals surface area (Å²) in [6.07, 6.45) is 2.46. The second-order valence-electron chi connectivity index (χ2n) is 7.24. The van der Waals surface area contributed by atoms with Gasteiger partial charge in [-0.1, -0.05) is 6.07 Å². The van der Waals surface area contributed by atoms with Crippen molar-refractivity contribution < 1.29 is 14.3 Å². The highest BCUT2D eigenvalue weighted by molar-refractivity contribution is 5.82. The zero-order valence-corrected chi connectivity index (χ0v) is 16.8. The van der Waals surface area contributed by atoms with Crippen LogP contribution in [-0.4, -0.2) is 62.2 Å². The number of aromatic nitrogens is 1. The van der Waals surface area contributed by atoms with Crippen LogP contribution in [0, 0.1) is 0 Å². The number of benzene rings is 1. The van der Waals surface area contributed by atoms with Crippen LogP contribution in [-0.2, 0) is 4.79 Å². The van der Waals surface area contributed by atoms with Gasteiger partial charge in [0.25, 0.3) is 0 Å². The summed E-state index contributed by atoms with van der Waals surface area (Å²) < 4.78 is 10.8. The fourth-order valence-electron chi connectivity index (χ4n) is 3.95. The lowest BCUT2D eigenvalue weighted by Gasteiger charge is -2.36. The molecule has 2 aromatic rings. The third-order valence-electron chi connectivity index (χ3n) is 5.58. The minimum Gasteiger partial charge on any atom is -0.497 e. The smallest absolute Gasteiger partial charge is 0.241 e. The number of ether oxygens (including phenoxy) is 2. The lowest BCUT2D eigenvalue weighted by Crippen LogP contribution is -2.53. The molecule has 0 saturated carbocycles. The van der Waals surface area contributed by atoms with Crippen LogP contribution in [0.25, 0.3) is 0 Å². The topological polar surface area (TPSA) is 79.0 Å². The van der Waals surface area contributed by atoms with Crippen molar-refractivity contribution in [2.75, 3.05) is 45.3 Å². The molecule has 2 aliphatic heterocycles. The maximum Gasteiger partial charge on any atom is 0.241 e. The number of hydrazine groups is 1. The average Bonchev–Trinajstić information content (AvgIpc) is 3.29. The largest absolute Gasteiger partial charge is 0.497 e. The molecule has 154 valence electrons. The number of piperazine rings is 1. The molecule has 3 heterocycles. The third kappa shape index (κ3) is 4.13. The van der Waals surface area contributed by atoms with Crippen LogP contribution in [0.4, 0.5) is 5.82 Å². The Hall–Kier alpha value is -2.84. The third-order valence-corrected chi connectivity index (χ3v) is 5.58. The van der Waals surface area contributed by atoms with Gasteiger partial charge in [-0.3, -0.25) is 4.79 Å². The molecule has 0 spiro atoms.